The van der Waals surface area contributed by atoms with Crippen molar-refractivity contribution in [2.75, 3.05) is 13.6 Å². The van der Waals surface area contributed by atoms with Gasteiger partial charge in [0.15, 0.2) is 0 Å². The van der Waals surface area contributed by atoms with Gasteiger partial charge < -0.3 is 10.0 Å². The Morgan fingerprint density at radius 3 is 2.50 bits per heavy atom. The van der Waals surface area contributed by atoms with Crippen LogP contribution in [0.5, 0.6) is 0 Å². The standard InChI is InChI=1S/C13H19NO3S/c1-9-6-8-18-10(9)5-7-14(4)11(15)13(2,3)12(16)17/h6,8H,5,7H2,1-4H3,(H,16,17). The summed E-state index contributed by atoms with van der Waals surface area (Å²) in [6.45, 7) is 5.45. The molecule has 0 unspecified atom stereocenters. The van der Waals surface area contributed by atoms with E-state index in [9.17, 15) is 9.59 Å². The predicted molar refractivity (Wildman–Crippen MR) is 71.8 cm³/mol. The molecule has 1 aromatic heterocycles. The van der Waals surface area contributed by atoms with Crippen LogP contribution in [0.3, 0.4) is 0 Å². The third-order valence-corrected chi connectivity index (χ3v) is 4.14. The number of thiophene rings is 1. The van der Waals surface area contributed by atoms with Crippen LogP contribution >= 0.6 is 11.3 Å². The maximum absolute atomic E-state index is 12.0. The quantitative estimate of drug-likeness (QED) is 0.833. The van der Waals surface area contributed by atoms with Crippen LogP contribution in [-0.2, 0) is 16.0 Å². The van der Waals surface area contributed by atoms with E-state index in [1.165, 1.54) is 29.2 Å². The second kappa shape index (κ2) is 5.52. The highest BCUT2D eigenvalue weighted by Crippen LogP contribution is 2.20. The highest BCUT2D eigenvalue weighted by molar-refractivity contribution is 7.10. The molecule has 0 aliphatic heterocycles. The highest BCUT2D eigenvalue weighted by atomic mass is 32.1. The summed E-state index contributed by atoms with van der Waals surface area (Å²) in [7, 11) is 1.65. The lowest BCUT2D eigenvalue weighted by atomic mass is 9.92. The number of carbonyl (C=O) groups excluding carboxylic acids is 1. The Morgan fingerprint density at radius 1 is 1.44 bits per heavy atom. The van der Waals surface area contributed by atoms with Crippen molar-refractivity contribution in [3.63, 3.8) is 0 Å². The van der Waals surface area contributed by atoms with Crippen LogP contribution in [0.1, 0.15) is 24.3 Å². The first-order chi connectivity index (χ1) is 8.26. The van der Waals surface area contributed by atoms with E-state index < -0.39 is 11.4 Å². The van der Waals surface area contributed by atoms with Crippen LogP contribution in [0, 0.1) is 12.3 Å². The Hall–Kier alpha value is -1.36. The van der Waals surface area contributed by atoms with Crippen molar-refractivity contribution >= 4 is 23.2 Å². The molecule has 0 saturated heterocycles. The third kappa shape index (κ3) is 3.10. The molecule has 0 bridgehead atoms. The van der Waals surface area contributed by atoms with Gasteiger partial charge in [0.05, 0.1) is 0 Å². The normalized spacial score (nSPS) is 11.3. The number of carbonyl (C=O) groups is 2. The third-order valence-electron chi connectivity index (χ3n) is 3.06. The molecule has 0 aliphatic rings. The van der Waals surface area contributed by atoms with E-state index in [0.717, 1.165) is 6.42 Å². The van der Waals surface area contributed by atoms with Crippen molar-refractivity contribution in [3.8, 4) is 0 Å². The Labute approximate surface area is 111 Å². The number of carboxylic acids is 1. The largest absolute Gasteiger partial charge is 0.480 e. The predicted octanol–water partition coefficient (Wildman–Crippen LogP) is 2.17. The fourth-order valence-electron chi connectivity index (χ4n) is 1.60. The van der Waals surface area contributed by atoms with Crippen molar-refractivity contribution in [1.29, 1.82) is 0 Å². The van der Waals surface area contributed by atoms with Gasteiger partial charge in [0, 0.05) is 18.5 Å². The van der Waals surface area contributed by atoms with Crippen LogP contribution in [-0.4, -0.2) is 35.5 Å². The summed E-state index contributed by atoms with van der Waals surface area (Å²) >= 11 is 1.66. The van der Waals surface area contributed by atoms with E-state index in [4.69, 9.17) is 5.11 Å². The van der Waals surface area contributed by atoms with E-state index in [2.05, 4.69) is 0 Å². The Bertz CT molecular complexity index is 451. The molecular formula is C13H19NO3S. The molecule has 100 valence electrons. The van der Waals surface area contributed by atoms with Gasteiger partial charge in [-0.25, -0.2) is 0 Å². The Kier molecular flexibility index (Phi) is 4.51. The first kappa shape index (κ1) is 14.7. The van der Waals surface area contributed by atoms with Crippen molar-refractivity contribution in [2.24, 2.45) is 5.41 Å². The van der Waals surface area contributed by atoms with E-state index in [1.807, 2.05) is 18.4 Å². The maximum atomic E-state index is 12.0. The number of nitrogens with zero attached hydrogens (tertiary/aromatic N) is 1. The highest BCUT2D eigenvalue weighted by Gasteiger charge is 2.37. The van der Waals surface area contributed by atoms with Gasteiger partial charge in [-0.1, -0.05) is 0 Å². The molecule has 1 rings (SSSR count). The fraction of sp³-hybridized carbons (Fsp3) is 0.538. The average Bonchev–Trinajstić information content (AvgIpc) is 2.70. The number of carboxylic acid groups (broad SMARTS) is 1. The molecule has 1 aromatic rings. The smallest absolute Gasteiger partial charge is 0.318 e. The van der Waals surface area contributed by atoms with Crippen molar-refractivity contribution in [3.05, 3.63) is 21.9 Å². The number of hydrogen-bond acceptors (Lipinski definition) is 3. The monoisotopic (exact) mass is 269 g/mol. The summed E-state index contributed by atoms with van der Waals surface area (Å²) in [5.74, 6) is -1.45. The molecule has 0 radical (unpaired) electrons. The molecule has 0 aromatic carbocycles. The van der Waals surface area contributed by atoms with Crippen LogP contribution in [0.25, 0.3) is 0 Å². The molecule has 1 amide bonds. The lowest BCUT2D eigenvalue weighted by Gasteiger charge is -2.25. The minimum atomic E-state index is -1.36. The summed E-state index contributed by atoms with van der Waals surface area (Å²) < 4.78 is 0. The number of amides is 1. The fourth-order valence-corrected chi connectivity index (χ4v) is 2.50. The van der Waals surface area contributed by atoms with Crippen LogP contribution in [0.4, 0.5) is 0 Å². The Balaban J connectivity index is 2.61. The number of hydrogen-bond donors (Lipinski definition) is 1. The number of aliphatic carboxylic acids is 1. The Morgan fingerprint density at radius 2 is 2.06 bits per heavy atom. The van der Waals surface area contributed by atoms with Crippen LogP contribution in [0.15, 0.2) is 11.4 Å². The first-order valence-electron chi connectivity index (χ1n) is 5.78. The second-order valence-electron chi connectivity index (χ2n) is 4.93. The summed E-state index contributed by atoms with van der Waals surface area (Å²) in [5, 5.41) is 11.0. The van der Waals surface area contributed by atoms with Crippen molar-refractivity contribution in [2.45, 2.75) is 27.2 Å². The van der Waals surface area contributed by atoms with E-state index in [1.54, 1.807) is 18.4 Å². The van der Waals surface area contributed by atoms with Gasteiger partial charge in [-0.2, -0.15) is 0 Å². The molecule has 1 heterocycles. The average molecular weight is 269 g/mol. The van der Waals surface area contributed by atoms with Gasteiger partial charge in [0.2, 0.25) is 5.91 Å². The molecule has 0 aliphatic carbocycles. The molecule has 1 N–H and O–H groups in total. The summed E-state index contributed by atoms with van der Waals surface area (Å²) in [5.41, 5.74) is -0.141. The van der Waals surface area contributed by atoms with Gasteiger partial charge in [0.1, 0.15) is 5.41 Å². The lowest BCUT2D eigenvalue weighted by Crippen LogP contribution is -2.44. The molecule has 0 saturated carbocycles. The topological polar surface area (TPSA) is 57.6 Å². The number of rotatable bonds is 5. The van der Waals surface area contributed by atoms with E-state index >= 15 is 0 Å². The molecule has 4 nitrogen and oxygen atoms in total. The molecule has 5 heteroatoms. The van der Waals surface area contributed by atoms with Crippen molar-refractivity contribution in [1.82, 2.24) is 4.90 Å². The number of aryl methyl sites for hydroxylation is 1. The first-order valence-corrected chi connectivity index (χ1v) is 6.66. The number of likely N-dealkylation sites (N-methyl/N-ethyl adjacent to an activating group) is 1. The zero-order chi connectivity index (χ0) is 13.9. The van der Waals surface area contributed by atoms with Crippen LogP contribution < -0.4 is 0 Å². The molecule has 0 fully saturated rings. The molecular weight excluding hydrogens is 250 g/mol. The van der Waals surface area contributed by atoms with Crippen molar-refractivity contribution < 1.29 is 14.7 Å². The van der Waals surface area contributed by atoms with Gasteiger partial charge >= 0.3 is 5.97 Å². The minimum absolute atomic E-state index is 0.357. The van der Waals surface area contributed by atoms with Crippen LogP contribution in [0.2, 0.25) is 0 Å². The molecule has 18 heavy (non-hydrogen) atoms. The van der Waals surface area contributed by atoms with E-state index in [0.29, 0.717) is 6.54 Å². The zero-order valence-electron chi connectivity index (χ0n) is 11.2. The van der Waals surface area contributed by atoms with Gasteiger partial charge in [-0.05, 0) is 44.2 Å². The van der Waals surface area contributed by atoms with Gasteiger partial charge in [0.25, 0.3) is 0 Å². The SMILES string of the molecule is Cc1ccsc1CCN(C)C(=O)C(C)(C)C(=O)O. The summed E-state index contributed by atoms with van der Waals surface area (Å²) in [6.07, 6.45) is 0.765. The zero-order valence-corrected chi connectivity index (χ0v) is 12.0. The minimum Gasteiger partial charge on any atom is -0.480 e. The molecule has 0 spiro atoms. The maximum Gasteiger partial charge on any atom is 0.318 e. The molecule has 0 atom stereocenters. The van der Waals surface area contributed by atoms with Gasteiger partial charge in [-0.15, -0.1) is 11.3 Å². The summed E-state index contributed by atoms with van der Waals surface area (Å²) in [6, 6.07) is 2.04. The summed E-state index contributed by atoms with van der Waals surface area (Å²) in [4.78, 5) is 25.7. The van der Waals surface area contributed by atoms with E-state index in [-0.39, 0.29) is 5.91 Å². The van der Waals surface area contributed by atoms with Gasteiger partial charge in [-0.3, -0.25) is 9.59 Å². The lowest BCUT2D eigenvalue weighted by molar-refractivity contribution is -0.157. The second-order valence-corrected chi connectivity index (χ2v) is 5.93.